The number of nitrogens with zero attached hydrogens (tertiary/aromatic N) is 1. The van der Waals surface area contributed by atoms with Crippen LogP contribution in [-0.2, 0) is 6.54 Å². The van der Waals surface area contributed by atoms with Gasteiger partial charge in [0.15, 0.2) is 0 Å². The van der Waals surface area contributed by atoms with Crippen molar-refractivity contribution in [3.63, 3.8) is 0 Å². The molecule has 20 heavy (non-hydrogen) atoms. The fourth-order valence-electron chi connectivity index (χ4n) is 1.70. The molecule has 7 heteroatoms. The van der Waals surface area contributed by atoms with Crippen molar-refractivity contribution in [2.45, 2.75) is 6.54 Å². The maximum atomic E-state index is 13.6. The lowest BCUT2D eigenvalue weighted by Crippen LogP contribution is -2.04. The standard InChI is InChI=1S/C13H9BrClFN2O2/c14-9-1-4-13(18(19)20)8(5-9)7-17-12-3-2-10(15)6-11(12)16/h1-6,17H,7H2. The van der Waals surface area contributed by atoms with Gasteiger partial charge in [-0.25, -0.2) is 4.39 Å². The molecule has 0 atom stereocenters. The van der Waals surface area contributed by atoms with Crippen LogP contribution in [0.5, 0.6) is 0 Å². The van der Waals surface area contributed by atoms with Crippen LogP contribution in [0.2, 0.25) is 5.02 Å². The van der Waals surface area contributed by atoms with E-state index in [0.717, 1.165) is 4.47 Å². The molecule has 0 fully saturated rings. The Morgan fingerprint density at radius 1 is 1.30 bits per heavy atom. The van der Waals surface area contributed by atoms with Crippen LogP contribution in [-0.4, -0.2) is 4.92 Å². The zero-order chi connectivity index (χ0) is 14.7. The maximum Gasteiger partial charge on any atom is 0.274 e. The summed E-state index contributed by atoms with van der Waals surface area (Å²) in [6.45, 7) is 0.133. The smallest absolute Gasteiger partial charge is 0.274 e. The van der Waals surface area contributed by atoms with Crippen LogP contribution < -0.4 is 5.32 Å². The fraction of sp³-hybridized carbons (Fsp3) is 0.0769. The third kappa shape index (κ3) is 3.46. The molecule has 2 rings (SSSR count). The number of nitro benzene ring substituents is 1. The van der Waals surface area contributed by atoms with Crippen molar-refractivity contribution in [3.8, 4) is 0 Å². The van der Waals surface area contributed by atoms with Crippen LogP contribution in [0.15, 0.2) is 40.9 Å². The molecule has 0 aliphatic carbocycles. The summed E-state index contributed by atoms with van der Waals surface area (Å²) in [5, 5.41) is 14.0. The van der Waals surface area contributed by atoms with Gasteiger partial charge < -0.3 is 5.32 Å². The summed E-state index contributed by atoms with van der Waals surface area (Å²) >= 11 is 8.91. The zero-order valence-electron chi connectivity index (χ0n) is 10.1. The van der Waals surface area contributed by atoms with Gasteiger partial charge >= 0.3 is 0 Å². The van der Waals surface area contributed by atoms with Gasteiger partial charge in [0.25, 0.3) is 5.69 Å². The van der Waals surface area contributed by atoms with Crippen LogP contribution in [0.3, 0.4) is 0 Å². The van der Waals surface area contributed by atoms with Crippen LogP contribution >= 0.6 is 27.5 Å². The highest BCUT2D eigenvalue weighted by molar-refractivity contribution is 9.10. The molecule has 0 bridgehead atoms. The summed E-state index contributed by atoms with van der Waals surface area (Å²) in [6, 6.07) is 8.83. The molecule has 0 spiro atoms. The monoisotopic (exact) mass is 358 g/mol. The molecule has 2 aromatic carbocycles. The lowest BCUT2D eigenvalue weighted by atomic mass is 10.1. The van der Waals surface area contributed by atoms with E-state index < -0.39 is 10.7 Å². The second-order valence-corrected chi connectivity index (χ2v) is 5.36. The van der Waals surface area contributed by atoms with E-state index >= 15 is 0 Å². The van der Waals surface area contributed by atoms with E-state index in [2.05, 4.69) is 21.2 Å². The summed E-state index contributed by atoms with van der Waals surface area (Å²) in [5.41, 5.74) is 0.678. The van der Waals surface area contributed by atoms with Crippen molar-refractivity contribution in [2.75, 3.05) is 5.32 Å². The number of nitro groups is 1. The molecular formula is C13H9BrClFN2O2. The molecule has 0 aromatic heterocycles. The van der Waals surface area contributed by atoms with E-state index in [-0.39, 0.29) is 17.9 Å². The predicted octanol–water partition coefficient (Wildman–Crippen LogP) is 4.76. The largest absolute Gasteiger partial charge is 0.378 e. The molecule has 0 amide bonds. The first-order chi connectivity index (χ1) is 9.47. The summed E-state index contributed by atoms with van der Waals surface area (Å²) in [5.74, 6) is -0.504. The number of hydrogen-bond acceptors (Lipinski definition) is 3. The first-order valence-corrected chi connectivity index (χ1v) is 6.76. The van der Waals surface area contributed by atoms with Crippen molar-refractivity contribution >= 4 is 38.9 Å². The molecule has 1 N–H and O–H groups in total. The van der Waals surface area contributed by atoms with Crippen LogP contribution in [0.25, 0.3) is 0 Å². The number of nitrogens with one attached hydrogen (secondary N) is 1. The molecule has 0 unspecified atom stereocenters. The van der Waals surface area contributed by atoms with Gasteiger partial charge in [0, 0.05) is 27.7 Å². The van der Waals surface area contributed by atoms with Crippen LogP contribution in [0.4, 0.5) is 15.8 Å². The van der Waals surface area contributed by atoms with Gasteiger partial charge in [0.05, 0.1) is 10.6 Å². The zero-order valence-corrected chi connectivity index (χ0v) is 12.4. The minimum absolute atomic E-state index is 0.0185. The highest BCUT2D eigenvalue weighted by Crippen LogP contribution is 2.25. The molecule has 0 aliphatic rings. The van der Waals surface area contributed by atoms with Gasteiger partial charge in [-0.2, -0.15) is 0 Å². The van der Waals surface area contributed by atoms with E-state index in [1.54, 1.807) is 18.2 Å². The number of halogens is 3. The second kappa shape index (κ2) is 6.19. The van der Waals surface area contributed by atoms with Crippen molar-refractivity contribution in [2.24, 2.45) is 0 Å². The average Bonchev–Trinajstić information content (AvgIpc) is 2.37. The minimum atomic E-state index is -0.504. The molecule has 0 aliphatic heterocycles. The third-order valence-corrected chi connectivity index (χ3v) is 3.37. The normalized spacial score (nSPS) is 10.3. The topological polar surface area (TPSA) is 55.2 Å². The molecule has 2 aromatic rings. The van der Waals surface area contributed by atoms with E-state index in [0.29, 0.717) is 10.6 Å². The summed E-state index contributed by atoms with van der Waals surface area (Å²) in [7, 11) is 0. The number of hydrogen-bond donors (Lipinski definition) is 1. The van der Waals surface area contributed by atoms with Gasteiger partial charge in [-0.1, -0.05) is 27.5 Å². The predicted molar refractivity (Wildman–Crippen MR) is 79.5 cm³/mol. The highest BCUT2D eigenvalue weighted by Gasteiger charge is 2.14. The Bertz CT molecular complexity index is 667. The first kappa shape index (κ1) is 14.7. The Morgan fingerprint density at radius 3 is 2.70 bits per heavy atom. The lowest BCUT2D eigenvalue weighted by Gasteiger charge is -2.08. The number of rotatable bonds is 4. The Hall–Kier alpha value is -1.66. The SMILES string of the molecule is O=[N+]([O-])c1ccc(Br)cc1CNc1ccc(Cl)cc1F. The van der Waals surface area contributed by atoms with Crippen LogP contribution in [0, 0.1) is 15.9 Å². The third-order valence-electron chi connectivity index (χ3n) is 2.64. The van der Waals surface area contributed by atoms with E-state index in [4.69, 9.17) is 11.6 Å². The summed E-state index contributed by atoms with van der Waals surface area (Å²) in [4.78, 5) is 10.5. The average molecular weight is 360 g/mol. The Balaban J connectivity index is 2.22. The van der Waals surface area contributed by atoms with Gasteiger partial charge in [0.1, 0.15) is 5.82 Å². The summed E-state index contributed by atoms with van der Waals surface area (Å²) in [6.07, 6.45) is 0. The molecule has 4 nitrogen and oxygen atoms in total. The van der Waals surface area contributed by atoms with E-state index in [1.165, 1.54) is 18.2 Å². The number of anilines is 1. The van der Waals surface area contributed by atoms with Crippen molar-refractivity contribution < 1.29 is 9.31 Å². The molecule has 0 saturated heterocycles. The minimum Gasteiger partial charge on any atom is -0.378 e. The van der Waals surface area contributed by atoms with Gasteiger partial charge in [-0.05, 0) is 30.3 Å². The Morgan fingerprint density at radius 2 is 2.05 bits per heavy atom. The molecule has 104 valence electrons. The molecular weight excluding hydrogens is 351 g/mol. The Labute approximate surface area is 127 Å². The van der Waals surface area contributed by atoms with Crippen molar-refractivity contribution in [1.29, 1.82) is 0 Å². The molecule has 0 saturated carbocycles. The van der Waals surface area contributed by atoms with E-state index in [1.807, 2.05) is 0 Å². The van der Waals surface area contributed by atoms with Crippen molar-refractivity contribution in [3.05, 3.63) is 67.4 Å². The fourth-order valence-corrected chi connectivity index (χ4v) is 2.26. The Kier molecular flexibility index (Phi) is 4.57. The molecule has 0 radical (unpaired) electrons. The first-order valence-electron chi connectivity index (χ1n) is 5.59. The quantitative estimate of drug-likeness (QED) is 0.632. The van der Waals surface area contributed by atoms with Crippen LogP contribution in [0.1, 0.15) is 5.56 Å². The molecule has 0 heterocycles. The highest BCUT2D eigenvalue weighted by atomic mass is 79.9. The summed E-state index contributed by atoms with van der Waals surface area (Å²) < 4.78 is 14.3. The number of benzene rings is 2. The van der Waals surface area contributed by atoms with E-state index in [9.17, 15) is 14.5 Å². The maximum absolute atomic E-state index is 13.6. The van der Waals surface area contributed by atoms with Gasteiger partial charge in [0.2, 0.25) is 0 Å². The van der Waals surface area contributed by atoms with Crippen molar-refractivity contribution in [1.82, 2.24) is 0 Å². The van der Waals surface area contributed by atoms with Gasteiger partial charge in [-0.15, -0.1) is 0 Å². The van der Waals surface area contributed by atoms with Gasteiger partial charge in [-0.3, -0.25) is 10.1 Å². The second-order valence-electron chi connectivity index (χ2n) is 4.01. The lowest BCUT2D eigenvalue weighted by molar-refractivity contribution is -0.385.